The van der Waals surface area contributed by atoms with E-state index in [9.17, 15) is 5.11 Å². The van der Waals surface area contributed by atoms with Gasteiger partial charge in [-0.3, -0.25) is 9.80 Å². The van der Waals surface area contributed by atoms with Crippen LogP contribution >= 0.6 is 0 Å². The highest BCUT2D eigenvalue weighted by atomic mass is 16.3. The van der Waals surface area contributed by atoms with Crippen LogP contribution in [-0.4, -0.2) is 95.3 Å². The summed E-state index contributed by atoms with van der Waals surface area (Å²) in [4.78, 5) is 19.8. The van der Waals surface area contributed by atoms with E-state index in [1.165, 1.54) is 16.8 Å². The highest BCUT2D eigenvalue weighted by Gasteiger charge is 2.23. The van der Waals surface area contributed by atoms with E-state index in [1.807, 2.05) is 43.4 Å². The van der Waals surface area contributed by atoms with Crippen molar-refractivity contribution in [3.05, 3.63) is 162 Å². The number of aliphatic hydroxyl groups excluding tert-OH is 1. The van der Waals surface area contributed by atoms with Crippen molar-refractivity contribution in [2.45, 2.75) is 77.3 Å². The van der Waals surface area contributed by atoms with Crippen LogP contribution in [0.25, 0.3) is 22.9 Å². The number of nitrogens with zero attached hydrogens (tertiary/aromatic N) is 6. The number of likely N-dealkylation sites (N-methyl/N-ethyl adjacent to an activating group) is 1. The Hall–Kier alpha value is -5.72. The van der Waals surface area contributed by atoms with Gasteiger partial charge in [-0.2, -0.15) is 0 Å². The number of rotatable bonds is 21. The number of β-amino-alcohol motifs (C(OH)–C–C–N with tert-alkyl or cyclic N) is 1. The number of piperidine rings is 1. The van der Waals surface area contributed by atoms with Crippen LogP contribution in [0, 0.1) is 17.8 Å². The van der Waals surface area contributed by atoms with Crippen LogP contribution in [0.2, 0.25) is 0 Å². The zero-order valence-corrected chi connectivity index (χ0v) is 38.7. The van der Waals surface area contributed by atoms with E-state index >= 15 is 0 Å². The number of aliphatic hydroxyl groups is 1. The summed E-state index contributed by atoms with van der Waals surface area (Å²) in [5, 5.41) is 9.49. The summed E-state index contributed by atoms with van der Waals surface area (Å²) in [7, 11) is 2.16. The Morgan fingerprint density at radius 1 is 0.922 bits per heavy atom. The van der Waals surface area contributed by atoms with Gasteiger partial charge in [0, 0.05) is 98.5 Å². The van der Waals surface area contributed by atoms with Crippen molar-refractivity contribution in [2.24, 2.45) is 11.7 Å². The second kappa shape index (κ2) is 24.4. The van der Waals surface area contributed by atoms with Crippen LogP contribution < -0.4 is 10.6 Å². The lowest BCUT2D eigenvalue weighted by atomic mass is 9.94. The maximum Gasteiger partial charge on any atom is 0.164 e. The number of anilines is 1. The summed E-state index contributed by atoms with van der Waals surface area (Å²) < 4.78 is 0. The van der Waals surface area contributed by atoms with Gasteiger partial charge in [-0.25, -0.2) is 9.97 Å². The van der Waals surface area contributed by atoms with Crippen LogP contribution in [0.15, 0.2) is 129 Å². The minimum atomic E-state index is 0.174. The van der Waals surface area contributed by atoms with Crippen molar-refractivity contribution in [2.75, 3.05) is 64.4 Å². The standard InChI is InChI=1S/C56H71N7O/c1-7-10-27-51(9-3)60(6)42-52-47(8-2)24-18-25-48(52)29-28-45-30-32-62(33-31-45)43(4)19-13-11-14-20-46-21-17-26-50(40-46)53-41-54(63-36-34-61(35-37-63)38-39-64)59-56(58-53)55(44(5)57)49-22-15-12-16-23-49/h7-9,12,15-18,21-26,40-41,45,51,64H,1-4,10-11,13-14,19-20,27,30-39,42,57H2,5-6H3/b55-44-. The Bertz CT molecular complexity index is 2270. The van der Waals surface area contributed by atoms with Crippen molar-refractivity contribution in [3.63, 3.8) is 0 Å². The molecule has 0 amide bonds. The molecule has 2 fully saturated rings. The molecular formula is C56H71N7O. The van der Waals surface area contributed by atoms with Gasteiger partial charge < -0.3 is 20.6 Å². The Kier molecular flexibility index (Phi) is 18.2. The van der Waals surface area contributed by atoms with E-state index in [0.717, 1.165) is 143 Å². The van der Waals surface area contributed by atoms with Gasteiger partial charge in [0.1, 0.15) is 5.82 Å². The quantitative estimate of drug-likeness (QED) is 0.0487. The molecule has 2 aliphatic rings. The number of hydrogen-bond acceptors (Lipinski definition) is 8. The van der Waals surface area contributed by atoms with E-state index in [0.29, 0.717) is 24.0 Å². The molecule has 0 bridgehead atoms. The highest BCUT2D eigenvalue weighted by Crippen LogP contribution is 2.30. The molecule has 1 atom stereocenters. The molecule has 8 nitrogen and oxygen atoms in total. The Labute approximate surface area is 384 Å². The maximum atomic E-state index is 9.49. The monoisotopic (exact) mass is 858 g/mol. The fourth-order valence-electron chi connectivity index (χ4n) is 9.00. The first-order valence-electron chi connectivity index (χ1n) is 23.4. The Morgan fingerprint density at radius 2 is 1.69 bits per heavy atom. The minimum absolute atomic E-state index is 0.174. The third kappa shape index (κ3) is 13.2. The second-order valence-corrected chi connectivity index (χ2v) is 17.4. The first-order chi connectivity index (χ1) is 31.2. The third-order valence-electron chi connectivity index (χ3n) is 12.9. The molecule has 2 saturated heterocycles. The zero-order valence-electron chi connectivity index (χ0n) is 38.7. The summed E-state index contributed by atoms with van der Waals surface area (Å²) in [5.41, 5.74) is 17.1. The van der Waals surface area contributed by atoms with Crippen LogP contribution in [0.1, 0.15) is 91.9 Å². The van der Waals surface area contributed by atoms with E-state index in [-0.39, 0.29) is 12.6 Å². The van der Waals surface area contributed by atoms with E-state index in [4.69, 9.17) is 15.7 Å². The number of aryl methyl sites for hydroxylation is 1. The van der Waals surface area contributed by atoms with Crippen molar-refractivity contribution in [1.82, 2.24) is 24.7 Å². The normalized spacial score (nSPS) is 15.6. The van der Waals surface area contributed by atoms with Gasteiger partial charge in [-0.1, -0.05) is 110 Å². The Balaban J connectivity index is 1.02. The molecule has 6 rings (SSSR count). The molecule has 336 valence electrons. The molecule has 1 aromatic heterocycles. The summed E-state index contributed by atoms with van der Waals surface area (Å²) in [6.07, 6.45) is 15.5. The number of benzene rings is 3. The van der Waals surface area contributed by atoms with Gasteiger partial charge in [-0.15, -0.1) is 13.2 Å². The third-order valence-corrected chi connectivity index (χ3v) is 12.9. The van der Waals surface area contributed by atoms with Crippen molar-refractivity contribution >= 4 is 17.5 Å². The molecule has 4 aromatic rings. The van der Waals surface area contributed by atoms with Gasteiger partial charge in [-0.05, 0) is 99.7 Å². The Morgan fingerprint density at radius 3 is 2.39 bits per heavy atom. The van der Waals surface area contributed by atoms with E-state index < -0.39 is 0 Å². The summed E-state index contributed by atoms with van der Waals surface area (Å²) >= 11 is 0. The molecular weight excluding hydrogens is 787 g/mol. The van der Waals surface area contributed by atoms with Crippen molar-refractivity contribution < 1.29 is 5.11 Å². The van der Waals surface area contributed by atoms with Gasteiger partial charge in [0.05, 0.1) is 12.3 Å². The average molecular weight is 858 g/mol. The lowest BCUT2D eigenvalue weighted by Gasteiger charge is -2.35. The van der Waals surface area contributed by atoms with Crippen molar-refractivity contribution in [1.29, 1.82) is 0 Å². The lowest BCUT2D eigenvalue weighted by molar-refractivity contribution is 0.188. The van der Waals surface area contributed by atoms with Crippen LogP contribution in [0.5, 0.6) is 0 Å². The van der Waals surface area contributed by atoms with E-state index in [2.05, 4.69) is 125 Å². The molecule has 3 heterocycles. The summed E-state index contributed by atoms with van der Waals surface area (Å²) in [6, 6.07) is 27.8. The largest absolute Gasteiger partial charge is 0.402 e. The number of nitrogens with two attached hydrogens (primary N) is 1. The second-order valence-electron chi connectivity index (χ2n) is 17.4. The first-order valence-corrected chi connectivity index (χ1v) is 23.4. The average Bonchev–Trinajstić information content (AvgIpc) is 3.32. The summed E-state index contributed by atoms with van der Waals surface area (Å²) in [5.74, 6) is 9.17. The molecule has 3 aromatic carbocycles. The number of piperazine rings is 1. The van der Waals surface area contributed by atoms with Crippen LogP contribution in [0.4, 0.5) is 5.82 Å². The maximum absolute atomic E-state index is 9.49. The number of likely N-dealkylation sites (tertiary alicyclic amines) is 1. The van der Waals surface area contributed by atoms with Gasteiger partial charge in [0.15, 0.2) is 5.82 Å². The molecule has 8 heteroatoms. The van der Waals surface area contributed by atoms with E-state index in [1.54, 1.807) is 0 Å². The molecule has 2 aliphatic heterocycles. The predicted octanol–water partition coefficient (Wildman–Crippen LogP) is 9.97. The minimum Gasteiger partial charge on any atom is -0.402 e. The number of hydrogen-bond donors (Lipinski definition) is 2. The molecule has 0 saturated carbocycles. The van der Waals surface area contributed by atoms with Crippen LogP contribution in [-0.2, 0) is 13.0 Å². The molecule has 0 spiro atoms. The fourth-order valence-corrected chi connectivity index (χ4v) is 9.00. The molecule has 0 aliphatic carbocycles. The molecule has 3 N–H and O–H groups in total. The smallest absolute Gasteiger partial charge is 0.164 e. The SMILES string of the molecule is C=CCCC(C=C)N(C)Cc1c(C#CC2CCN(C(=C)CCCCCc3cccc(-c4cc(N5CCN(CCO)CC5)nc(/C(=C(/C)N)c5ccccc5)n4)c3)CC2)cccc1C=C. The zero-order chi connectivity index (χ0) is 45.3. The number of unbranched alkanes of at least 4 members (excludes halogenated alkanes) is 2. The van der Waals surface area contributed by atoms with Crippen LogP contribution in [0.3, 0.4) is 0 Å². The van der Waals surface area contributed by atoms with Gasteiger partial charge in [0.25, 0.3) is 0 Å². The molecule has 64 heavy (non-hydrogen) atoms. The number of aromatic nitrogens is 2. The highest BCUT2D eigenvalue weighted by molar-refractivity contribution is 5.80. The fraction of sp³-hybridized carbons (Fsp3) is 0.393. The first kappa shape index (κ1) is 47.8. The predicted molar refractivity (Wildman–Crippen MR) is 269 cm³/mol. The molecule has 0 radical (unpaired) electrons. The topological polar surface area (TPSA) is 85.0 Å². The van der Waals surface area contributed by atoms with Gasteiger partial charge >= 0.3 is 0 Å². The van der Waals surface area contributed by atoms with Crippen molar-refractivity contribution in [3.8, 4) is 23.1 Å². The summed E-state index contributed by atoms with van der Waals surface area (Å²) in [6.45, 7) is 25.7. The van der Waals surface area contributed by atoms with Gasteiger partial charge in [0.2, 0.25) is 0 Å². The number of allylic oxidation sites excluding steroid dienone is 3. The lowest BCUT2D eigenvalue weighted by Crippen LogP contribution is -2.47. The molecule has 1 unspecified atom stereocenters.